The number of nitrogens with zero attached hydrogens (tertiary/aromatic N) is 2. The highest BCUT2D eigenvalue weighted by molar-refractivity contribution is 7.13. The van der Waals surface area contributed by atoms with Crippen LogP contribution in [0, 0.1) is 0 Å². The van der Waals surface area contributed by atoms with Crippen LogP contribution in [0.4, 0.5) is 13.2 Å². The van der Waals surface area contributed by atoms with Crippen molar-refractivity contribution >= 4 is 22.4 Å². The number of benzene rings is 1. The first kappa shape index (κ1) is 11.2. The zero-order valence-electron chi connectivity index (χ0n) is 8.73. The number of thiazole rings is 1. The lowest BCUT2D eigenvalue weighted by Gasteiger charge is -2.07. The summed E-state index contributed by atoms with van der Waals surface area (Å²) in [6, 6.07) is 2.36. The van der Waals surface area contributed by atoms with E-state index in [9.17, 15) is 13.2 Å². The number of hydrogen-bond donors (Lipinski definition) is 0. The van der Waals surface area contributed by atoms with E-state index in [4.69, 9.17) is 4.42 Å². The number of fused-ring (bicyclic) bond motifs is 1. The molecule has 7 heteroatoms. The van der Waals surface area contributed by atoms with Crippen molar-refractivity contribution in [3.8, 4) is 10.6 Å². The van der Waals surface area contributed by atoms with Crippen LogP contribution in [-0.4, -0.2) is 9.97 Å². The minimum atomic E-state index is -4.45. The average molecular weight is 270 g/mol. The second-order valence-corrected chi connectivity index (χ2v) is 4.42. The highest BCUT2D eigenvalue weighted by Crippen LogP contribution is 2.38. The van der Waals surface area contributed by atoms with Gasteiger partial charge >= 0.3 is 6.18 Å². The van der Waals surface area contributed by atoms with Crippen molar-refractivity contribution in [3.05, 3.63) is 35.7 Å². The van der Waals surface area contributed by atoms with Gasteiger partial charge in [0.2, 0.25) is 0 Å². The van der Waals surface area contributed by atoms with Crippen molar-refractivity contribution in [2.45, 2.75) is 6.18 Å². The second-order valence-electron chi connectivity index (χ2n) is 3.53. The minimum absolute atomic E-state index is 0.111. The summed E-state index contributed by atoms with van der Waals surface area (Å²) >= 11 is 1.33. The lowest BCUT2D eigenvalue weighted by Crippen LogP contribution is -2.05. The molecule has 0 radical (unpaired) electrons. The summed E-state index contributed by atoms with van der Waals surface area (Å²) < 4.78 is 43.4. The Morgan fingerprint density at radius 3 is 2.67 bits per heavy atom. The molecule has 1 aromatic carbocycles. The fourth-order valence-corrected chi connectivity index (χ4v) is 2.36. The molecular weight excluding hydrogens is 265 g/mol. The van der Waals surface area contributed by atoms with Gasteiger partial charge in [-0.3, -0.25) is 0 Å². The van der Waals surface area contributed by atoms with Gasteiger partial charge in [0.15, 0.2) is 12.0 Å². The molecule has 3 rings (SSSR count). The largest absolute Gasteiger partial charge is 0.443 e. The van der Waals surface area contributed by atoms with E-state index in [0.29, 0.717) is 10.6 Å². The highest BCUT2D eigenvalue weighted by atomic mass is 32.1. The van der Waals surface area contributed by atoms with Crippen molar-refractivity contribution in [2.24, 2.45) is 0 Å². The highest BCUT2D eigenvalue weighted by Gasteiger charge is 2.34. The quantitative estimate of drug-likeness (QED) is 0.671. The summed E-state index contributed by atoms with van der Waals surface area (Å²) in [7, 11) is 0. The molecule has 0 atom stereocenters. The van der Waals surface area contributed by atoms with Crippen LogP contribution >= 0.6 is 11.3 Å². The lowest BCUT2D eigenvalue weighted by molar-refractivity contribution is -0.136. The number of hydrogen-bond acceptors (Lipinski definition) is 4. The van der Waals surface area contributed by atoms with E-state index in [2.05, 4.69) is 9.97 Å². The van der Waals surface area contributed by atoms with Crippen LogP contribution in [0.2, 0.25) is 0 Å². The zero-order chi connectivity index (χ0) is 12.8. The van der Waals surface area contributed by atoms with Gasteiger partial charge in [-0.2, -0.15) is 13.2 Å². The van der Waals surface area contributed by atoms with E-state index in [1.165, 1.54) is 17.4 Å². The van der Waals surface area contributed by atoms with Crippen LogP contribution in [0.15, 0.2) is 34.5 Å². The lowest BCUT2D eigenvalue weighted by atomic mass is 10.1. The molecule has 0 aliphatic rings. The third-order valence-corrected chi connectivity index (χ3v) is 3.26. The summed E-state index contributed by atoms with van der Waals surface area (Å²) in [6.45, 7) is 0. The maximum absolute atomic E-state index is 12.8. The Bertz CT molecular complexity index is 688. The van der Waals surface area contributed by atoms with E-state index in [1.807, 2.05) is 0 Å². The summed E-state index contributed by atoms with van der Waals surface area (Å²) in [6.07, 6.45) is -1.85. The van der Waals surface area contributed by atoms with Crippen molar-refractivity contribution < 1.29 is 17.6 Å². The van der Waals surface area contributed by atoms with E-state index in [1.54, 1.807) is 11.6 Å². The van der Waals surface area contributed by atoms with Crippen LogP contribution in [0.5, 0.6) is 0 Å². The molecule has 0 aliphatic carbocycles. The van der Waals surface area contributed by atoms with E-state index < -0.39 is 11.7 Å². The molecule has 2 heterocycles. The molecule has 0 saturated carbocycles. The molecule has 0 saturated heterocycles. The second kappa shape index (κ2) is 3.81. The Morgan fingerprint density at radius 1 is 1.17 bits per heavy atom. The van der Waals surface area contributed by atoms with Crippen molar-refractivity contribution in [3.63, 3.8) is 0 Å². The van der Waals surface area contributed by atoms with Crippen molar-refractivity contribution in [1.82, 2.24) is 9.97 Å². The first-order chi connectivity index (χ1) is 8.57. The Kier molecular flexibility index (Phi) is 2.37. The number of halogens is 3. The van der Waals surface area contributed by atoms with Gasteiger partial charge in [0, 0.05) is 11.6 Å². The fourth-order valence-electron chi connectivity index (χ4n) is 1.70. The van der Waals surface area contributed by atoms with Gasteiger partial charge in [-0.15, -0.1) is 11.3 Å². The van der Waals surface area contributed by atoms with Crippen LogP contribution in [0.25, 0.3) is 21.7 Å². The van der Waals surface area contributed by atoms with Crippen LogP contribution in [0.3, 0.4) is 0 Å². The third kappa shape index (κ3) is 1.67. The first-order valence-electron chi connectivity index (χ1n) is 4.90. The van der Waals surface area contributed by atoms with Gasteiger partial charge in [0.1, 0.15) is 10.5 Å². The van der Waals surface area contributed by atoms with Crippen molar-refractivity contribution in [1.29, 1.82) is 0 Å². The van der Waals surface area contributed by atoms with Crippen molar-refractivity contribution in [2.75, 3.05) is 0 Å². The maximum Gasteiger partial charge on any atom is 0.418 e. The van der Waals surface area contributed by atoms with Gasteiger partial charge in [-0.25, -0.2) is 9.97 Å². The Balaban J connectivity index is 2.30. The third-order valence-electron chi connectivity index (χ3n) is 2.45. The van der Waals surface area contributed by atoms with Crippen LogP contribution in [0.1, 0.15) is 5.56 Å². The molecule has 0 spiro atoms. The minimum Gasteiger partial charge on any atom is -0.443 e. The molecule has 18 heavy (non-hydrogen) atoms. The molecule has 3 aromatic rings. The summed E-state index contributed by atoms with van der Waals surface area (Å²) in [4.78, 5) is 7.70. The van der Waals surface area contributed by atoms with Gasteiger partial charge in [-0.05, 0) is 12.1 Å². The Hall–Kier alpha value is -1.89. The molecule has 92 valence electrons. The van der Waals surface area contributed by atoms with Gasteiger partial charge in [-0.1, -0.05) is 0 Å². The van der Waals surface area contributed by atoms with Gasteiger partial charge in [0.25, 0.3) is 0 Å². The van der Waals surface area contributed by atoms with E-state index in [0.717, 1.165) is 12.5 Å². The standard InChI is InChI=1S/C11H5F3N2OS/c12-11(13,14)7-2-1-6(10-15-3-4-18-10)9-8(7)16-5-17-9/h1-5H. The summed E-state index contributed by atoms with van der Waals surface area (Å²) in [5, 5.41) is 2.35. The fraction of sp³-hybridized carbons (Fsp3) is 0.0909. The average Bonchev–Trinajstić information content (AvgIpc) is 2.97. The van der Waals surface area contributed by atoms with Crippen LogP contribution in [-0.2, 0) is 6.18 Å². The molecule has 0 unspecified atom stereocenters. The number of rotatable bonds is 1. The molecule has 0 N–H and O–H groups in total. The molecular formula is C11H5F3N2OS. The molecule has 0 aliphatic heterocycles. The first-order valence-corrected chi connectivity index (χ1v) is 5.78. The molecule has 0 fully saturated rings. The topological polar surface area (TPSA) is 38.9 Å². The number of oxazole rings is 1. The van der Waals surface area contributed by atoms with E-state index >= 15 is 0 Å². The molecule has 0 bridgehead atoms. The van der Waals surface area contributed by atoms with Gasteiger partial charge < -0.3 is 4.42 Å². The Labute approximate surface area is 103 Å². The predicted octanol–water partition coefficient (Wildman–Crippen LogP) is 3.97. The van der Waals surface area contributed by atoms with Crippen LogP contribution < -0.4 is 0 Å². The monoisotopic (exact) mass is 270 g/mol. The Morgan fingerprint density at radius 2 is 2.00 bits per heavy atom. The normalized spacial score (nSPS) is 12.2. The molecule has 2 aromatic heterocycles. The number of aromatic nitrogens is 2. The summed E-state index contributed by atoms with van der Waals surface area (Å²) in [5.41, 5.74) is -0.355. The molecule has 3 nitrogen and oxygen atoms in total. The maximum atomic E-state index is 12.8. The molecule has 0 amide bonds. The van der Waals surface area contributed by atoms with E-state index in [-0.39, 0.29) is 11.1 Å². The summed E-state index contributed by atoms with van der Waals surface area (Å²) in [5.74, 6) is 0. The number of alkyl halides is 3. The SMILES string of the molecule is FC(F)(F)c1ccc(-c2nccs2)c2ocnc12. The zero-order valence-corrected chi connectivity index (χ0v) is 9.55. The predicted molar refractivity (Wildman–Crippen MR) is 60.1 cm³/mol. The smallest absolute Gasteiger partial charge is 0.418 e. The van der Waals surface area contributed by atoms with Gasteiger partial charge in [0.05, 0.1) is 11.1 Å².